The molecule has 0 bridgehead atoms. The number of aromatic nitrogens is 2. The van der Waals surface area contributed by atoms with E-state index in [1.54, 1.807) is 12.1 Å². The number of rotatable bonds is 6. The molecule has 134 valence electrons. The molecule has 2 unspecified atom stereocenters. The summed E-state index contributed by atoms with van der Waals surface area (Å²) < 4.78 is 1.50. The highest BCUT2D eigenvalue weighted by Gasteiger charge is 2.28. The van der Waals surface area contributed by atoms with E-state index in [1.807, 2.05) is 19.1 Å². The molecule has 0 radical (unpaired) electrons. The molecule has 1 aromatic carbocycles. The smallest absolute Gasteiger partial charge is 0.262 e. The van der Waals surface area contributed by atoms with Gasteiger partial charge in [0.15, 0.2) is 0 Å². The van der Waals surface area contributed by atoms with Crippen LogP contribution in [0.1, 0.15) is 33.1 Å². The number of carbonyl (C=O) groups excluding carboxylic acids is 1. The summed E-state index contributed by atoms with van der Waals surface area (Å²) in [4.78, 5) is 29.3. The summed E-state index contributed by atoms with van der Waals surface area (Å²) in [6.07, 6.45) is 2.81. The van der Waals surface area contributed by atoms with Gasteiger partial charge in [0.25, 0.3) is 11.5 Å². The summed E-state index contributed by atoms with van der Waals surface area (Å²) in [5.41, 5.74) is 12.1. The van der Waals surface area contributed by atoms with Crippen LogP contribution in [0.15, 0.2) is 29.1 Å². The van der Waals surface area contributed by atoms with Gasteiger partial charge in [0, 0.05) is 12.6 Å². The molecule has 0 saturated carbocycles. The van der Waals surface area contributed by atoms with Crippen LogP contribution in [-0.4, -0.2) is 27.5 Å². The van der Waals surface area contributed by atoms with E-state index in [-0.39, 0.29) is 17.5 Å². The highest BCUT2D eigenvalue weighted by Crippen LogP contribution is 2.12. The van der Waals surface area contributed by atoms with Crippen molar-refractivity contribution in [2.75, 3.05) is 5.43 Å². The molecule has 1 saturated heterocycles. The first-order valence-electron chi connectivity index (χ1n) is 8.70. The van der Waals surface area contributed by atoms with Gasteiger partial charge >= 0.3 is 0 Å². The predicted octanol–water partition coefficient (Wildman–Crippen LogP) is 0.895. The SMILES string of the molecule is CCCC1CC(C(=O)NNc2nc3ccccc3c(=O)n2CC)NN1. The lowest BCUT2D eigenvalue weighted by Crippen LogP contribution is -2.46. The van der Waals surface area contributed by atoms with E-state index in [9.17, 15) is 9.59 Å². The molecule has 1 aromatic heterocycles. The molecule has 8 heteroatoms. The number of fused-ring (bicyclic) bond motifs is 1. The summed E-state index contributed by atoms with van der Waals surface area (Å²) >= 11 is 0. The second kappa shape index (κ2) is 7.62. The summed E-state index contributed by atoms with van der Waals surface area (Å²) in [5, 5.41) is 0.560. The zero-order valence-corrected chi connectivity index (χ0v) is 14.5. The molecule has 1 aliphatic rings. The first kappa shape index (κ1) is 17.4. The Labute approximate surface area is 146 Å². The molecular weight excluding hydrogens is 320 g/mol. The van der Waals surface area contributed by atoms with E-state index >= 15 is 0 Å². The van der Waals surface area contributed by atoms with Crippen LogP contribution in [0.4, 0.5) is 5.95 Å². The van der Waals surface area contributed by atoms with E-state index in [1.165, 1.54) is 4.57 Å². The molecule has 2 heterocycles. The van der Waals surface area contributed by atoms with Crippen molar-refractivity contribution < 1.29 is 4.79 Å². The Morgan fingerprint density at radius 2 is 2.12 bits per heavy atom. The van der Waals surface area contributed by atoms with Gasteiger partial charge in [-0.25, -0.2) is 10.4 Å². The molecule has 0 spiro atoms. The number of nitrogens with one attached hydrogen (secondary N) is 4. The van der Waals surface area contributed by atoms with Crippen LogP contribution >= 0.6 is 0 Å². The third-order valence-corrected chi connectivity index (χ3v) is 4.41. The molecule has 3 rings (SSSR count). The van der Waals surface area contributed by atoms with Crippen molar-refractivity contribution in [2.45, 2.75) is 51.7 Å². The van der Waals surface area contributed by atoms with Crippen LogP contribution in [0.2, 0.25) is 0 Å². The Morgan fingerprint density at radius 1 is 1.32 bits per heavy atom. The van der Waals surface area contributed by atoms with Gasteiger partial charge in [-0.1, -0.05) is 25.5 Å². The van der Waals surface area contributed by atoms with Gasteiger partial charge in [-0.05, 0) is 31.9 Å². The van der Waals surface area contributed by atoms with E-state index in [0.29, 0.717) is 29.4 Å². The first-order valence-corrected chi connectivity index (χ1v) is 8.70. The minimum atomic E-state index is -0.314. The first-order chi connectivity index (χ1) is 12.1. The van der Waals surface area contributed by atoms with Crippen molar-refractivity contribution in [3.05, 3.63) is 34.6 Å². The van der Waals surface area contributed by atoms with E-state index in [2.05, 4.69) is 33.6 Å². The van der Waals surface area contributed by atoms with Crippen molar-refractivity contribution in [3.8, 4) is 0 Å². The van der Waals surface area contributed by atoms with Crippen LogP contribution < -0.4 is 27.3 Å². The highest BCUT2D eigenvalue weighted by molar-refractivity contribution is 5.83. The van der Waals surface area contributed by atoms with Crippen LogP contribution in [0, 0.1) is 0 Å². The Balaban J connectivity index is 1.73. The van der Waals surface area contributed by atoms with Gasteiger partial charge in [0.05, 0.1) is 10.9 Å². The number of amides is 1. The Kier molecular flexibility index (Phi) is 5.30. The van der Waals surface area contributed by atoms with Gasteiger partial charge in [0.1, 0.15) is 6.04 Å². The lowest BCUT2D eigenvalue weighted by atomic mass is 10.1. The summed E-state index contributed by atoms with van der Waals surface area (Å²) in [6, 6.07) is 7.16. The van der Waals surface area contributed by atoms with E-state index in [4.69, 9.17) is 0 Å². The minimum absolute atomic E-state index is 0.131. The fraction of sp³-hybridized carbons (Fsp3) is 0.471. The van der Waals surface area contributed by atoms with Gasteiger partial charge in [0.2, 0.25) is 5.95 Å². The molecule has 2 atom stereocenters. The number of carbonyl (C=O) groups is 1. The maximum Gasteiger partial charge on any atom is 0.262 e. The number of anilines is 1. The van der Waals surface area contributed by atoms with Gasteiger partial charge in [-0.3, -0.25) is 30.4 Å². The minimum Gasteiger partial charge on any atom is -0.277 e. The highest BCUT2D eigenvalue weighted by atomic mass is 16.2. The zero-order valence-electron chi connectivity index (χ0n) is 14.5. The molecule has 25 heavy (non-hydrogen) atoms. The second-order valence-corrected chi connectivity index (χ2v) is 6.18. The molecule has 1 aliphatic heterocycles. The Morgan fingerprint density at radius 3 is 2.88 bits per heavy atom. The van der Waals surface area contributed by atoms with Crippen molar-refractivity contribution in [1.82, 2.24) is 25.8 Å². The normalized spacial score (nSPS) is 19.9. The average Bonchev–Trinajstić information content (AvgIpc) is 3.09. The van der Waals surface area contributed by atoms with Crippen molar-refractivity contribution in [3.63, 3.8) is 0 Å². The largest absolute Gasteiger partial charge is 0.277 e. The van der Waals surface area contributed by atoms with E-state index in [0.717, 1.165) is 19.3 Å². The van der Waals surface area contributed by atoms with Crippen LogP contribution in [0.3, 0.4) is 0 Å². The molecule has 1 amide bonds. The van der Waals surface area contributed by atoms with Gasteiger partial charge in [-0.15, -0.1) is 0 Å². The molecule has 8 nitrogen and oxygen atoms in total. The van der Waals surface area contributed by atoms with E-state index < -0.39 is 0 Å². The van der Waals surface area contributed by atoms with Crippen LogP contribution in [-0.2, 0) is 11.3 Å². The predicted molar refractivity (Wildman–Crippen MR) is 96.8 cm³/mol. The number of hydrogen-bond donors (Lipinski definition) is 4. The summed E-state index contributed by atoms with van der Waals surface area (Å²) in [7, 11) is 0. The monoisotopic (exact) mass is 344 g/mol. The third kappa shape index (κ3) is 3.64. The number of hydrogen-bond acceptors (Lipinski definition) is 6. The fourth-order valence-corrected chi connectivity index (χ4v) is 3.09. The maximum absolute atomic E-state index is 12.5. The number of nitrogens with zero attached hydrogens (tertiary/aromatic N) is 2. The summed E-state index contributed by atoms with van der Waals surface area (Å²) in [6.45, 7) is 4.44. The average molecular weight is 344 g/mol. The second-order valence-electron chi connectivity index (χ2n) is 6.18. The molecule has 2 aromatic rings. The van der Waals surface area contributed by atoms with Crippen molar-refractivity contribution in [1.29, 1.82) is 0 Å². The number of hydrazine groups is 2. The van der Waals surface area contributed by atoms with Gasteiger partial charge in [-0.2, -0.15) is 0 Å². The number of benzene rings is 1. The quantitative estimate of drug-likeness (QED) is 0.581. The molecule has 0 aliphatic carbocycles. The number of para-hydroxylation sites is 1. The fourth-order valence-electron chi connectivity index (χ4n) is 3.09. The maximum atomic E-state index is 12.5. The standard InChI is InChI=1S/C17H24N6O2/c1-3-7-11-10-14(20-19-11)15(24)21-22-17-18-13-9-6-5-8-12(13)16(25)23(17)4-2/h5-6,8-9,11,14,19-20H,3-4,7,10H2,1-2H3,(H,18,22)(H,21,24). The zero-order chi connectivity index (χ0) is 17.8. The lowest BCUT2D eigenvalue weighted by molar-refractivity contribution is -0.122. The van der Waals surface area contributed by atoms with Crippen molar-refractivity contribution >= 4 is 22.8 Å². The van der Waals surface area contributed by atoms with Gasteiger partial charge < -0.3 is 0 Å². The van der Waals surface area contributed by atoms with Crippen molar-refractivity contribution in [2.24, 2.45) is 0 Å². The van der Waals surface area contributed by atoms with Crippen LogP contribution in [0.25, 0.3) is 10.9 Å². The topological polar surface area (TPSA) is 100 Å². The molecule has 1 fully saturated rings. The molecular formula is C17H24N6O2. The summed E-state index contributed by atoms with van der Waals surface area (Å²) in [5.74, 6) is 0.145. The molecule has 4 N–H and O–H groups in total. The Bertz CT molecular complexity index is 818. The third-order valence-electron chi connectivity index (χ3n) is 4.41. The Hall–Kier alpha value is -2.45. The lowest BCUT2D eigenvalue weighted by Gasteiger charge is -2.15. The van der Waals surface area contributed by atoms with Crippen LogP contribution in [0.5, 0.6) is 0 Å².